The van der Waals surface area contributed by atoms with Gasteiger partial charge in [0.2, 0.25) is 5.24 Å². The molecule has 0 N–H and O–H groups in total. The summed E-state index contributed by atoms with van der Waals surface area (Å²) in [6.45, 7) is 0. The minimum atomic E-state index is -0.420. The van der Waals surface area contributed by atoms with E-state index in [1.54, 1.807) is 0 Å². The van der Waals surface area contributed by atoms with Crippen LogP contribution in [-0.4, -0.2) is 10.6 Å². The van der Waals surface area contributed by atoms with Crippen molar-refractivity contribution in [2.45, 2.75) is 18.2 Å². The normalized spacial score (nSPS) is 22.8. The fourth-order valence-electron chi connectivity index (χ4n) is 0.574. The van der Waals surface area contributed by atoms with Gasteiger partial charge in [0.05, 0.1) is 0 Å². The second kappa shape index (κ2) is 2.24. The quantitative estimate of drug-likeness (QED) is 0.436. The Morgan fingerprint density at radius 2 is 2.12 bits per heavy atom. The molecule has 0 bridgehead atoms. The Morgan fingerprint density at radius 1 is 1.62 bits per heavy atom. The number of rotatable bonds is 2. The number of carbonyl (C=O) groups excluding carboxylic acids is 1. The van der Waals surface area contributed by atoms with Crippen molar-refractivity contribution in [3.05, 3.63) is 0 Å². The van der Waals surface area contributed by atoms with Crippen molar-refractivity contribution in [3.8, 4) is 0 Å². The second-order valence-corrected chi connectivity index (χ2v) is 2.89. The molecular weight excluding hydrogens is 147 g/mol. The van der Waals surface area contributed by atoms with Gasteiger partial charge in [-0.05, 0) is 30.4 Å². The third-order valence-corrected chi connectivity index (χ3v) is 2.15. The number of carbonyl (C=O) groups is 1. The first-order valence-electron chi connectivity index (χ1n) is 2.55. The molecule has 8 heavy (non-hydrogen) atoms. The SMILES string of the molecule is O=C(Cl)C(Cl)C1CC1. The van der Waals surface area contributed by atoms with Crippen molar-refractivity contribution in [1.82, 2.24) is 0 Å². The molecule has 3 heteroatoms. The highest BCUT2D eigenvalue weighted by Gasteiger charge is 2.33. The first-order valence-corrected chi connectivity index (χ1v) is 3.36. The molecule has 0 heterocycles. The molecule has 46 valence electrons. The fourth-order valence-corrected chi connectivity index (χ4v) is 1.00. The van der Waals surface area contributed by atoms with Crippen molar-refractivity contribution in [2.75, 3.05) is 0 Å². The molecule has 0 aliphatic heterocycles. The van der Waals surface area contributed by atoms with Gasteiger partial charge < -0.3 is 0 Å². The van der Waals surface area contributed by atoms with E-state index in [1.165, 1.54) is 0 Å². The monoisotopic (exact) mass is 152 g/mol. The van der Waals surface area contributed by atoms with Crippen LogP contribution in [0.4, 0.5) is 0 Å². The van der Waals surface area contributed by atoms with Crippen LogP contribution in [0.25, 0.3) is 0 Å². The molecule has 0 aromatic rings. The minimum Gasteiger partial charge on any atom is -0.280 e. The number of alkyl halides is 1. The standard InChI is InChI=1S/C5H6Cl2O/c6-4(5(7)8)3-1-2-3/h3-4H,1-2H2. The van der Waals surface area contributed by atoms with Crippen molar-refractivity contribution in [3.63, 3.8) is 0 Å². The van der Waals surface area contributed by atoms with Gasteiger partial charge in [-0.3, -0.25) is 4.79 Å². The van der Waals surface area contributed by atoms with Crippen LogP contribution < -0.4 is 0 Å². The molecule has 1 aliphatic carbocycles. The predicted octanol–water partition coefficient (Wildman–Crippen LogP) is 1.77. The molecule has 0 amide bonds. The largest absolute Gasteiger partial charge is 0.280 e. The predicted molar refractivity (Wildman–Crippen MR) is 33.2 cm³/mol. The molecule has 1 saturated carbocycles. The zero-order chi connectivity index (χ0) is 6.15. The highest BCUT2D eigenvalue weighted by atomic mass is 35.5. The van der Waals surface area contributed by atoms with Crippen molar-refractivity contribution >= 4 is 28.4 Å². The number of hydrogen-bond donors (Lipinski definition) is 0. The maximum atomic E-state index is 10.3. The first kappa shape index (κ1) is 6.37. The smallest absolute Gasteiger partial charge is 0.239 e. The third-order valence-electron chi connectivity index (χ3n) is 1.25. The molecule has 1 aliphatic rings. The van der Waals surface area contributed by atoms with Gasteiger partial charge in [-0.15, -0.1) is 11.6 Å². The Hall–Kier alpha value is 0.250. The summed E-state index contributed by atoms with van der Waals surface area (Å²) < 4.78 is 0. The van der Waals surface area contributed by atoms with E-state index in [-0.39, 0.29) is 0 Å². The van der Waals surface area contributed by atoms with E-state index in [9.17, 15) is 4.79 Å². The molecular formula is C5H6Cl2O. The van der Waals surface area contributed by atoms with Crippen LogP contribution in [0.1, 0.15) is 12.8 Å². The Kier molecular flexibility index (Phi) is 1.78. The molecule has 1 rings (SSSR count). The fraction of sp³-hybridized carbons (Fsp3) is 0.800. The molecule has 1 atom stereocenters. The lowest BCUT2D eigenvalue weighted by Crippen LogP contribution is -2.09. The Bertz CT molecular complexity index is 109. The summed E-state index contributed by atoms with van der Waals surface area (Å²) in [7, 11) is 0. The molecule has 0 saturated heterocycles. The molecule has 1 unspecified atom stereocenters. The van der Waals surface area contributed by atoms with E-state index < -0.39 is 10.6 Å². The van der Waals surface area contributed by atoms with Crippen molar-refractivity contribution in [1.29, 1.82) is 0 Å². The van der Waals surface area contributed by atoms with Crippen LogP contribution >= 0.6 is 23.2 Å². The minimum absolute atomic E-state index is 0.377. The van der Waals surface area contributed by atoms with Crippen LogP contribution in [0, 0.1) is 5.92 Å². The Balaban J connectivity index is 2.32. The van der Waals surface area contributed by atoms with E-state index in [4.69, 9.17) is 23.2 Å². The maximum absolute atomic E-state index is 10.3. The summed E-state index contributed by atoms with van der Waals surface area (Å²) in [5.74, 6) is 0.377. The van der Waals surface area contributed by atoms with Crippen LogP contribution in [0.15, 0.2) is 0 Å². The van der Waals surface area contributed by atoms with Gasteiger partial charge in [-0.2, -0.15) is 0 Å². The van der Waals surface area contributed by atoms with Gasteiger partial charge in [0.15, 0.2) is 0 Å². The third kappa shape index (κ3) is 1.36. The van der Waals surface area contributed by atoms with Crippen LogP contribution in [0.2, 0.25) is 0 Å². The van der Waals surface area contributed by atoms with Gasteiger partial charge in [0.1, 0.15) is 5.38 Å². The van der Waals surface area contributed by atoms with Gasteiger partial charge in [0.25, 0.3) is 0 Å². The maximum Gasteiger partial charge on any atom is 0.239 e. The lowest BCUT2D eigenvalue weighted by Gasteiger charge is -1.96. The van der Waals surface area contributed by atoms with Crippen molar-refractivity contribution in [2.24, 2.45) is 5.92 Å². The zero-order valence-electron chi connectivity index (χ0n) is 4.23. The Morgan fingerprint density at radius 3 is 2.25 bits per heavy atom. The summed E-state index contributed by atoms with van der Waals surface area (Å²) in [5.41, 5.74) is 0. The van der Waals surface area contributed by atoms with Crippen LogP contribution in [0.5, 0.6) is 0 Å². The van der Waals surface area contributed by atoms with E-state index in [1.807, 2.05) is 0 Å². The average molecular weight is 153 g/mol. The Labute approximate surface area is 58.0 Å². The van der Waals surface area contributed by atoms with Crippen molar-refractivity contribution < 1.29 is 4.79 Å². The molecule has 0 aromatic heterocycles. The van der Waals surface area contributed by atoms with Gasteiger partial charge in [-0.25, -0.2) is 0 Å². The summed E-state index contributed by atoms with van der Waals surface area (Å²) in [4.78, 5) is 10.3. The van der Waals surface area contributed by atoms with Crippen LogP contribution in [-0.2, 0) is 4.79 Å². The second-order valence-electron chi connectivity index (χ2n) is 2.04. The molecule has 0 aromatic carbocycles. The zero-order valence-corrected chi connectivity index (χ0v) is 5.74. The molecule has 0 spiro atoms. The lowest BCUT2D eigenvalue weighted by atomic mass is 10.3. The average Bonchev–Trinajstić information content (AvgIpc) is 2.43. The topological polar surface area (TPSA) is 17.1 Å². The van der Waals surface area contributed by atoms with Gasteiger partial charge in [0, 0.05) is 0 Å². The van der Waals surface area contributed by atoms with E-state index in [0.29, 0.717) is 5.92 Å². The van der Waals surface area contributed by atoms with Gasteiger partial charge in [-0.1, -0.05) is 0 Å². The summed E-state index contributed by atoms with van der Waals surface area (Å²) in [5, 5.41) is -0.828. The highest BCUT2D eigenvalue weighted by Crippen LogP contribution is 2.36. The molecule has 0 radical (unpaired) electrons. The van der Waals surface area contributed by atoms with E-state index in [2.05, 4.69) is 0 Å². The van der Waals surface area contributed by atoms with E-state index in [0.717, 1.165) is 12.8 Å². The summed E-state index contributed by atoms with van der Waals surface area (Å²) in [6, 6.07) is 0. The van der Waals surface area contributed by atoms with Crippen LogP contribution in [0.3, 0.4) is 0 Å². The molecule has 1 fully saturated rings. The summed E-state index contributed by atoms with van der Waals surface area (Å²) >= 11 is 10.6. The number of halogens is 2. The van der Waals surface area contributed by atoms with E-state index >= 15 is 0 Å². The first-order chi connectivity index (χ1) is 3.72. The highest BCUT2D eigenvalue weighted by molar-refractivity contribution is 6.69. The summed E-state index contributed by atoms with van der Waals surface area (Å²) in [6.07, 6.45) is 2.12. The number of hydrogen-bond acceptors (Lipinski definition) is 1. The van der Waals surface area contributed by atoms with Gasteiger partial charge >= 0.3 is 0 Å². The lowest BCUT2D eigenvalue weighted by molar-refractivity contribution is -0.111. The molecule has 1 nitrogen and oxygen atoms in total.